The van der Waals surface area contributed by atoms with Gasteiger partial charge in [-0.15, -0.1) is 0 Å². The van der Waals surface area contributed by atoms with Crippen LogP contribution < -0.4 is 5.56 Å². The number of hydrogen-bond donors (Lipinski definition) is 1. The lowest BCUT2D eigenvalue weighted by Crippen LogP contribution is -2.19. The van der Waals surface area contributed by atoms with E-state index in [4.69, 9.17) is 11.6 Å². The highest BCUT2D eigenvalue weighted by atomic mass is 35.5. The van der Waals surface area contributed by atoms with E-state index >= 15 is 0 Å². The van der Waals surface area contributed by atoms with E-state index in [-0.39, 0.29) is 11.3 Å². The summed E-state index contributed by atoms with van der Waals surface area (Å²) in [7, 11) is -1.19. The van der Waals surface area contributed by atoms with Gasteiger partial charge >= 0.3 is 0 Å². The third-order valence-corrected chi connectivity index (χ3v) is 5.40. The van der Waals surface area contributed by atoms with Crippen LogP contribution in [0.2, 0.25) is 5.02 Å². The number of fused-ring (bicyclic) bond motifs is 3. The summed E-state index contributed by atoms with van der Waals surface area (Å²) in [6.07, 6.45) is 0. The van der Waals surface area contributed by atoms with E-state index in [9.17, 15) is 9.00 Å². The molecule has 1 aliphatic heterocycles. The highest BCUT2D eigenvalue weighted by Crippen LogP contribution is 2.33. The standard InChI is InChI=1S/C16H11ClN2O2S/c17-10-5-7-11(8-6-10)19-16(20)13-9-22(21)14-4-2-1-3-12(14)15(13)18-19/h1-8,18H,9H2. The minimum Gasteiger partial charge on any atom is -0.290 e. The summed E-state index contributed by atoms with van der Waals surface area (Å²) in [6, 6.07) is 14.5. The fourth-order valence-electron chi connectivity index (χ4n) is 2.68. The summed E-state index contributed by atoms with van der Waals surface area (Å²) in [5.74, 6) is 0.238. The normalized spacial score (nSPS) is 16.1. The molecule has 1 aliphatic rings. The molecule has 6 heteroatoms. The Balaban J connectivity index is 1.96. The van der Waals surface area contributed by atoms with Crippen molar-refractivity contribution in [1.82, 2.24) is 9.78 Å². The molecule has 0 radical (unpaired) electrons. The lowest BCUT2D eigenvalue weighted by molar-refractivity contribution is 0.682. The van der Waals surface area contributed by atoms with Crippen LogP contribution in [-0.4, -0.2) is 14.0 Å². The molecule has 2 heterocycles. The van der Waals surface area contributed by atoms with Gasteiger partial charge in [0.15, 0.2) is 0 Å². The maximum absolute atomic E-state index is 12.6. The number of halogens is 1. The molecular formula is C16H11ClN2O2S. The van der Waals surface area contributed by atoms with E-state index in [1.807, 2.05) is 24.3 Å². The molecule has 2 aromatic carbocycles. The Hall–Kier alpha value is -2.11. The van der Waals surface area contributed by atoms with Crippen molar-refractivity contribution in [3.8, 4) is 16.9 Å². The average molecular weight is 331 g/mol. The van der Waals surface area contributed by atoms with Crippen molar-refractivity contribution in [3.05, 3.63) is 69.5 Å². The highest BCUT2D eigenvalue weighted by Gasteiger charge is 2.27. The van der Waals surface area contributed by atoms with E-state index < -0.39 is 10.8 Å². The van der Waals surface area contributed by atoms with Gasteiger partial charge in [0, 0.05) is 15.5 Å². The number of nitrogens with one attached hydrogen (secondary N) is 1. The summed E-state index contributed by atoms with van der Waals surface area (Å²) in [6.45, 7) is 0. The Bertz CT molecular complexity index is 957. The van der Waals surface area contributed by atoms with E-state index in [1.54, 1.807) is 24.3 Å². The van der Waals surface area contributed by atoms with Gasteiger partial charge in [0.1, 0.15) is 0 Å². The van der Waals surface area contributed by atoms with Crippen molar-refractivity contribution in [2.75, 3.05) is 0 Å². The predicted molar refractivity (Wildman–Crippen MR) is 86.9 cm³/mol. The van der Waals surface area contributed by atoms with Crippen LogP contribution in [0.15, 0.2) is 58.2 Å². The zero-order valence-electron chi connectivity index (χ0n) is 11.4. The molecule has 0 aliphatic carbocycles. The fourth-order valence-corrected chi connectivity index (χ4v) is 4.14. The van der Waals surface area contributed by atoms with Crippen LogP contribution in [0.5, 0.6) is 0 Å². The number of hydrogen-bond acceptors (Lipinski definition) is 2. The van der Waals surface area contributed by atoms with Gasteiger partial charge in [-0.2, -0.15) is 0 Å². The highest BCUT2D eigenvalue weighted by molar-refractivity contribution is 7.84. The van der Waals surface area contributed by atoms with Gasteiger partial charge in [-0.1, -0.05) is 29.8 Å². The van der Waals surface area contributed by atoms with Crippen molar-refractivity contribution < 1.29 is 4.21 Å². The quantitative estimate of drug-likeness (QED) is 0.745. The van der Waals surface area contributed by atoms with Crippen LogP contribution in [0.4, 0.5) is 0 Å². The molecular weight excluding hydrogens is 320 g/mol. The third-order valence-electron chi connectivity index (χ3n) is 3.75. The Labute approximate surface area is 133 Å². The maximum Gasteiger partial charge on any atom is 0.275 e. The molecule has 0 bridgehead atoms. The summed E-state index contributed by atoms with van der Waals surface area (Å²) in [5.41, 5.74) is 2.67. The molecule has 4 rings (SSSR count). The monoisotopic (exact) mass is 330 g/mol. The Kier molecular flexibility index (Phi) is 3.06. The molecule has 4 nitrogen and oxygen atoms in total. The van der Waals surface area contributed by atoms with Gasteiger partial charge in [0.25, 0.3) is 5.56 Å². The second-order valence-corrected chi connectivity index (χ2v) is 6.92. The largest absolute Gasteiger partial charge is 0.290 e. The van der Waals surface area contributed by atoms with Crippen LogP contribution in [-0.2, 0) is 16.6 Å². The summed E-state index contributed by atoms with van der Waals surface area (Å²) in [5, 5.41) is 3.75. The SMILES string of the molecule is O=c1c2c([nH]n1-c1ccc(Cl)cc1)-c1ccccc1S(=O)C2. The van der Waals surface area contributed by atoms with Gasteiger partial charge in [-0.3, -0.25) is 14.1 Å². The van der Waals surface area contributed by atoms with Crippen LogP contribution in [0, 0.1) is 0 Å². The van der Waals surface area contributed by atoms with Crippen LogP contribution in [0.3, 0.4) is 0 Å². The lowest BCUT2D eigenvalue weighted by Gasteiger charge is -2.13. The molecule has 0 saturated heterocycles. The molecule has 0 spiro atoms. The zero-order valence-corrected chi connectivity index (χ0v) is 12.9. The van der Waals surface area contributed by atoms with E-state index in [0.717, 1.165) is 16.2 Å². The van der Waals surface area contributed by atoms with E-state index in [2.05, 4.69) is 5.10 Å². The first-order valence-corrected chi connectivity index (χ1v) is 8.42. The maximum atomic E-state index is 12.6. The van der Waals surface area contributed by atoms with Gasteiger partial charge < -0.3 is 0 Å². The first-order chi connectivity index (χ1) is 10.6. The number of nitrogens with zero attached hydrogens (tertiary/aromatic N) is 1. The van der Waals surface area contributed by atoms with Gasteiger partial charge in [0.05, 0.1) is 33.5 Å². The van der Waals surface area contributed by atoms with Crippen molar-refractivity contribution >= 4 is 22.4 Å². The Morgan fingerprint density at radius 3 is 2.59 bits per heavy atom. The number of aromatic amines is 1. The van der Waals surface area contributed by atoms with E-state index in [0.29, 0.717) is 16.3 Å². The van der Waals surface area contributed by atoms with Gasteiger partial charge in [-0.05, 0) is 30.3 Å². The molecule has 1 aromatic heterocycles. The molecule has 1 atom stereocenters. The lowest BCUT2D eigenvalue weighted by atomic mass is 10.1. The van der Waals surface area contributed by atoms with Crippen molar-refractivity contribution in [2.45, 2.75) is 10.6 Å². The zero-order chi connectivity index (χ0) is 15.3. The number of benzene rings is 2. The smallest absolute Gasteiger partial charge is 0.275 e. The first kappa shape index (κ1) is 13.5. The van der Waals surface area contributed by atoms with Crippen LogP contribution in [0.1, 0.15) is 5.56 Å². The summed E-state index contributed by atoms with van der Waals surface area (Å²) >= 11 is 5.89. The minimum atomic E-state index is -1.19. The molecule has 0 fully saturated rings. The first-order valence-electron chi connectivity index (χ1n) is 6.73. The molecule has 3 aromatic rings. The Morgan fingerprint density at radius 2 is 1.82 bits per heavy atom. The number of H-pyrrole nitrogens is 1. The molecule has 1 N–H and O–H groups in total. The number of aromatic nitrogens is 2. The number of rotatable bonds is 1. The summed E-state index contributed by atoms with van der Waals surface area (Å²) < 4.78 is 13.8. The Morgan fingerprint density at radius 1 is 1.09 bits per heavy atom. The third kappa shape index (κ3) is 1.97. The van der Waals surface area contributed by atoms with Crippen LogP contribution in [0.25, 0.3) is 16.9 Å². The molecule has 0 amide bonds. The summed E-state index contributed by atoms with van der Waals surface area (Å²) in [4.78, 5) is 13.4. The van der Waals surface area contributed by atoms with Gasteiger partial charge in [-0.25, -0.2) is 4.68 Å². The molecule has 0 saturated carbocycles. The average Bonchev–Trinajstić information content (AvgIpc) is 2.86. The van der Waals surface area contributed by atoms with Crippen molar-refractivity contribution in [2.24, 2.45) is 0 Å². The fraction of sp³-hybridized carbons (Fsp3) is 0.0625. The molecule has 1 unspecified atom stereocenters. The molecule has 22 heavy (non-hydrogen) atoms. The van der Waals surface area contributed by atoms with Crippen LogP contribution >= 0.6 is 11.6 Å². The predicted octanol–water partition coefficient (Wildman–Crippen LogP) is 3.11. The topological polar surface area (TPSA) is 54.9 Å². The second-order valence-electron chi connectivity index (χ2n) is 5.07. The minimum absolute atomic E-state index is 0.167. The molecule has 110 valence electrons. The van der Waals surface area contributed by atoms with Crippen molar-refractivity contribution in [3.63, 3.8) is 0 Å². The van der Waals surface area contributed by atoms with Crippen molar-refractivity contribution in [1.29, 1.82) is 0 Å². The van der Waals surface area contributed by atoms with E-state index in [1.165, 1.54) is 4.68 Å². The second kappa shape index (κ2) is 4.97. The van der Waals surface area contributed by atoms with Gasteiger partial charge in [0.2, 0.25) is 0 Å².